The molecule has 0 unspecified atom stereocenters. The van der Waals surface area contributed by atoms with Crippen LogP contribution in [0.3, 0.4) is 0 Å². The van der Waals surface area contributed by atoms with Crippen molar-refractivity contribution in [3.8, 4) is 11.5 Å². The predicted molar refractivity (Wildman–Crippen MR) is 132 cm³/mol. The number of nitrogens with zero attached hydrogens (tertiary/aromatic N) is 1. The third-order valence-electron chi connectivity index (χ3n) is 5.05. The van der Waals surface area contributed by atoms with Crippen LogP contribution in [0.25, 0.3) is 6.08 Å². The maximum Gasteiger partial charge on any atom is 0.336 e. The number of para-hydroxylation sites is 1. The summed E-state index contributed by atoms with van der Waals surface area (Å²) in [6.07, 6.45) is 1.24. The van der Waals surface area contributed by atoms with Crippen molar-refractivity contribution in [3.05, 3.63) is 92.7 Å². The first-order chi connectivity index (χ1) is 16.8. The predicted octanol–water partition coefficient (Wildman–Crippen LogP) is 5.50. The van der Waals surface area contributed by atoms with Crippen molar-refractivity contribution in [2.24, 2.45) is 0 Å². The van der Waals surface area contributed by atoms with Crippen LogP contribution in [0.1, 0.15) is 11.1 Å². The molecule has 178 valence electrons. The summed E-state index contributed by atoms with van der Waals surface area (Å²) < 4.78 is 26.4. The summed E-state index contributed by atoms with van der Waals surface area (Å²) in [4.78, 5) is 38.3. The number of halogens is 3. The van der Waals surface area contributed by atoms with E-state index in [1.807, 2.05) is 24.3 Å². The molecule has 4 rings (SSSR count). The molecule has 0 aromatic heterocycles. The SMILES string of the molecule is COc1cc(/C=C2/C(=O)NC(=O)N(c3ccccc3F)C2=O)cc(Cl)c1OCc1ccc(Br)cc1. The zero-order chi connectivity index (χ0) is 25.1. The van der Waals surface area contributed by atoms with E-state index >= 15 is 0 Å². The van der Waals surface area contributed by atoms with Gasteiger partial charge in [-0.2, -0.15) is 0 Å². The highest BCUT2D eigenvalue weighted by molar-refractivity contribution is 9.10. The van der Waals surface area contributed by atoms with Crippen molar-refractivity contribution in [1.82, 2.24) is 5.32 Å². The molecule has 7 nitrogen and oxygen atoms in total. The second-order valence-electron chi connectivity index (χ2n) is 7.36. The lowest BCUT2D eigenvalue weighted by Crippen LogP contribution is -2.54. The zero-order valence-electron chi connectivity index (χ0n) is 18.2. The standard InChI is InChI=1S/C25H17BrClFN2O5/c1-34-21-12-15(11-18(27)22(21)35-13-14-6-8-16(26)9-7-14)10-17-23(31)29-25(33)30(24(17)32)20-5-3-2-4-19(20)28/h2-12H,13H2,1H3,(H,29,31,33)/b17-10-. The fourth-order valence-corrected chi connectivity index (χ4v) is 3.91. The number of amides is 4. The van der Waals surface area contributed by atoms with Gasteiger partial charge < -0.3 is 9.47 Å². The van der Waals surface area contributed by atoms with E-state index in [1.165, 1.54) is 43.5 Å². The smallest absolute Gasteiger partial charge is 0.336 e. The molecule has 35 heavy (non-hydrogen) atoms. The molecule has 0 spiro atoms. The van der Waals surface area contributed by atoms with Crippen molar-refractivity contribution < 1.29 is 28.2 Å². The van der Waals surface area contributed by atoms with Crippen molar-refractivity contribution in [3.63, 3.8) is 0 Å². The average Bonchev–Trinajstić information content (AvgIpc) is 2.83. The molecule has 1 saturated heterocycles. The number of urea groups is 1. The fourth-order valence-electron chi connectivity index (χ4n) is 3.38. The van der Waals surface area contributed by atoms with E-state index < -0.39 is 23.7 Å². The molecule has 1 aliphatic heterocycles. The van der Waals surface area contributed by atoms with E-state index in [0.29, 0.717) is 10.5 Å². The van der Waals surface area contributed by atoms with Gasteiger partial charge in [-0.25, -0.2) is 14.1 Å². The third-order valence-corrected chi connectivity index (χ3v) is 5.86. The first-order valence-corrected chi connectivity index (χ1v) is 11.4. The molecule has 0 atom stereocenters. The van der Waals surface area contributed by atoms with Gasteiger partial charge in [0.05, 0.1) is 17.8 Å². The molecular weight excluding hydrogens is 543 g/mol. The normalized spacial score (nSPS) is 14.8. The first kappa shape index (κ1) is 24.4. The number of rotatable bonds is 6. The Bertz CT molecular complexity index is 1360. The van der Waals surface area contributed by atoms with Gasteiger partial charge in [0, 0.05) is 4.47 Å². The van der Waals surface area contributed by atoms with E-state index in [9.17, 15) is 18.8 Å². The molecule has 3 aromatic rings. The summed E-state index contributed by atoms with van der Waals surface area (Å²) in [6, 6.07) is 14.8. The number of anilines is 1. The number of methoxy groups -OCH3 is 1. The van der Waals surface area contributed by atoms with Gasteiger partial charge in [0.2, 0.25) is 0 Å². The molecule has 1 fully saturated rings. The minimum absolute atomic E-state index is 0.180. The van der Waals surface area contributed by atoms with Gasteiger partial charge in [-0.15, -0.1) is 0 Å². The monoisotopic (exact) mass is 558 g/mol. The number of imide groups is 2. The second kappa shape index (κ2) is 10.3. The van der Waals surface area contributed by atoms with Gasteiger partial charge in [-0.1, -0.05) is 51.8 Å². The molecule has 0 aliphatic carbocycles. The van der Waals surface area contributed by atoms with E-state index in [2.05, 4.69) is 21.2 Å². The Morgan fingerprint density at radius 2 is 1.80 bits per heavy atom. The highest BCUT2D eigenvalue weighted by atomic mass is 79.9. The minimum atomic E-state index is -1.05. The lowest BCUT2D eigenvalue weighted by molar-refractivity contribution is -0.122. The number of barbiturate groups is 1. The third kappa shape index (κ3) is 5.21. The van der Waals surface area contributed by atoms with Crippen LogP contribution in [-0.2, 0) is 16.2 Å². The largest absolute Gasteiger partial charge is 0.493 e. The van der Waals surface area contributed by atoms with Crippen LogP contribution in [0.4, 0.5) is 14.9 Å². The van der Waals surface area contributed by atoms with Crippen molar-refractivity contribution in [2.75, 3.05) is 12.0 Å². The Morgan fingerprint density at radius 1 is 1.09 bits per heavy atom. The molecule has 1 aliphatic rings. The highest BCUT2D eigenvalue weighted by Crippen LogP contribution is 2.38. The van der Waals surface area contributed by atoms with Crippen LogP contribution in [-0.4, -0.2) is 25.0 Å². The van der Waals surface area contributed by atoms with E-state index in [1.54, 1.807) is 0 Å². The summed E-state index contributed by atoms with van der Waals surface area (Å²) in [6.45, 7) is 0.227. The Kier molecular flexibility index (Phi) is 7.18. The molecule has 4 amide bonds. The number of nitrogens with one attached hydrogen (secondary N) is 1. The lowest BCUT2D eigenvalue weighted by atomic mass is 10.1. The van der Waals surface area contributed by atoms with Crippen LogP contribution < -0.4 is 19.7 Å². The molecule has 1 heterocycles. The Balaban J connectivity index is 1.64. The molecule has 0 saturated carbocycles. The van der Waals surface area contributed by atoms with Gasteiger partial charge in [0.1, 0.15) is 18.0 Å². The summed E-state index contributed by atoms with van der Waals surface area (Å²) >= 11 is 9.80. The number of carbonyl (C=O) groups excluding carboxylic acids is 3. The maximum absolute atomic E-state index is 14.3. The number of ether oxygens (including phenoxy) is 2. The summed E-state index contributed by atoms with van der Waals surface area (Å²) in [5, 5.41) is 2.23. The Labute approximate surface area is 213 Å². The van der Waals surface area contributed by atoms with Crippen LogP contribution in [0.2, 0.25) is 5.02 Å². The average molecular weight is 560 g/mol. The number of hydrogen-bond acceptors (Lipinski definition) is 5. The minimum Gasteiger partial charge on any atom is -0.493 e. The topological polar surface area (TPSA) is 84.9 Å². The molecule has 0 bridgehead atoms. The molecule has 10 heteroatoms. The molecule has 1 N–H and O–H groups in total. The second-order valence-corrected chi connectivity index (χ2v) is 8.68. The first-order valence-electron chi connectivity index (χ1n) is 10.2. The molecular formula is C25H17BrClFN2O5. The maximum atomic E-state index is 14.3. The quantitative estimate of drug-likeness (QED) is 0.319. The zero-order valence-corrected chi connectivity index (χ0v) is 20.5. The Morgan fingerprint density at radius 3 is 2.49 bits per heavy atom. The van der Waals surface area contributed by atoms with E-state index in [0.717, 1.165) is 16.1 Å². The van der Waals surface area contributed by atoms with Crippen molar-refractivity contribution >= 4 is 57.1 Å². The fraction of sp³-hybridized carbons (Fsp3) is 0.0800. The van der Waals surface area contributed by atoms with Crippen molar-refractivity contribution in [2.45, 2.75) is 6.61 Å². The molecule has 0 radical (unpaired) electrons. The lowest BCUT2D eigenvalue weighted by Gasteiger charge is -2.26. The van der Waals surface area contributed by atoms with Crippen LogP contribution in [0.15, 0.2) is 70.7 Å². The number of benzene rings is 3. The summed E-state index contributed by atoms with van der Waals surface area (Å²) in [5.41, 5.74) is 0.583. The van der Waals surface area contributed by atoms with E-state index in [-0.39, 0.29) is 34.4 Å². The van der Waals surface area contributed by atoms with Gasteiger partial charge in [-0.3, -0.25) is 14.9 Å². The van der Waals surface area contributed by atoms with Gasteiger partial charge in [0.25, 0.3) is 11.8 Å². The van der Waals surface area contributed by atoms with Gasteiger partial charge in [-0.05, 0) is 53.6 Å². The Hall–Kier alpha value is -3.69. The van der Waals surface area contributed by atoms with Crippen LogP contribution in [0.5, 0.6) is 11.5 Å². The number of hydrogen-bond donors (Lipinski definition) is 1. The van der Waals surface area contributed by atoms with Crippen LogP contribution in [0, 0.1) is 5.82 Å². The van der Waals surface area contributed by atoms with E-state index in [4.69, 9.17) is 21.1 Å². The highest BCUT2D eigenvalue weighted by Gasteiger charge is 2.38. The van der Waals surface area contributed by atoms with Crippen LogP contribution >= 0.6 is 27.5 Å². The van der Waals surface area contributed by atoms with Crippen molar-refractivity contribution in [1.29, 1.82) is 0 Å². The van der Waals surface area contributed by atoms with Gasteiger partial charge >= 0.3 is 6.03 Å². The number of carbonyl (C=O) groups is 3. The summed E-state index contributed by atoms with van der Waals surface area (Å²) in [5.74, 6) is -2.14. The van der Waals surface area contributed by atoms with Gasteiger partial charge in [0.15, 0.2) is 11.5 Å². The summed E-state index contributed by atoms with van der Waals surface area (Å²) in [7, 11) is 1.42. The molecule has 3 aromatic carbocycles.